The van der Waals surface area contributed by atoms with Gasteiger partial charge in [0.1, 0.15) is 0 Å². The quantitative estimate of drug-likeness (QED) is 0.689. The van der Waals surface area contributed by atoms with E-state index in [0.29, 0.717) is 0 Å². The normalized spacial score (nSPS) is 43.9. The van der Waals surface area contributed by atoms with Gasteiger partial charge in [-0.3, -0.25) is 0 Å². The van der Waals surface area contributed by atoms with Gasteiger partial charge < -0.3 is 9.47 Å². The lowest BCUT2D eigenvalue weighted by Crippen LogP contribution is -2.41. The van der Waals surface area contributed by atoms with E-state index >= 15 is 0 Å². The Bertz CT molecular complexity index is 312. The second-order valence-corrected chi connectivity index (χ2v) is 6.84. The van der Waals surface area contributed by atoms with E-state index in [1.807, 2.05) is 0 Å². The first kappa shape index (κ1) is 13.4. The molecule has 4 unspecified atom stereocenters. The summed E-state index contributed by atoms with van der Waals surface area (Å²) < 4.78 is 14.4. The van der Waals surface area contributed by atoms with Crippen molar-refractivity contribution in [1.29, 1.82) is 0 Å². The molecule has 102 valence electrons. The van der Waals surface area contributed by atoms with Crippen LogP contribution in [0.4, 0.5) is 0 Å². The number of ether oxygens (including phenoxy) is 2. The summed E-state index contributed by atoms with van der Waals surface area (Å²) in [4.78, 5) is 0. The molecule has 3 rings (SSSR count). The number of allylic oxidation sites excluding steroid dienone is 1. The molecule has 18 heavy (non-hydrogen) atoms. The van der Waals surface area contributed by atoms with Crippen molar-refractivity contribution >= 4 is 22.6 Å². The zero-order valence-electron chi connectivity index (χ0n) is 10.9. The van der Waals surface area contributed by atoms with E-state index in [1.165, 1.54) is 44.9 Å². The molecule has 4 atom stereocenters. The maximum absolute atomic E-state index is 6.48. The highest BCUT2D eigenvalue weighted by Crippen LogP contribution is 2.55. The van der Waals surface area contributed by atoms with Crippen molar-refractivity contribution in [2.75, 3.05) is 6.61 Å². The molecule has 2 saturated carbocycles. The molecule has 0 aromatic carbocycles. The molecule has 2 aliphatic carbocycles. The van der Waals surface area contributed by atoms with Crippen molar-refractivity contribution in [2.24, 2.45) is 11.8 Å². The van der Waals surface area contributed by atoms with E-state index in [-0.39, 0.29) is 11.9 Å². The summed E-state index contributed by atoms with van der Waals surface area (Å²) >= 11 is 2.32. The molecule has 1 saturated heterocycles. The second kappa shape index (κ2) is 5.80. The van der Waals surface area contributed by atoms with Gasteiger partial charge in [-0.15, -0.1) is 0 Å². The fourth-order valence-electron chi connectivity index (χ4n) is 4.13. The molecule has 1 aliphatic heterocycles. The van der Waals surface area contributed by atoms with Crippen LogP contribution in [0.5, 0.6) is 0 Å². The Hall–Kier alpha value is 0.390. The number of rotatable bonds is 4. The monoisotopic (exact) mass is 362 g/mol. The van der Waals surface area contributed by atoms with E-state index in [2.05, 4.69) is 32.7 Å². The summed E-state index contributed by atoms with van der Waals surface area (Å²) in [6.45, 7) is 0.891. The van der Waals surface area contributed by atoms with Crippen molar-refractivity contribution in [3.05, 3.63) is 10.2 Å². The highest BCUT2D eigenvalue weighted by atomic mass is 127. The van der Waals surface area contributed by atoms with Crippen LogP contribution in [0.3, 0.4) is 0 Å². The average molecular weight is 362 g/mol. The topological polar surface area (TPSA) is 18.5 Å². The molecule has 3 heteroatoms. The Morgan fingerprint density at radius 2 is 2.28 bits per heavy atom. The van der Waals surface area contributed by atoms with Crippen molar-refractivity contribution in [2.45, 2.75) is 63.3 Å². The van der Waals surface area contributed by atoms with Gasteiger partial charge in [-0.25, -0.2) is 0 Å². The van der Waals surface area contributed by atoms with Crippen LogP contribution in [-0.4, -0.2) is 18.5 Å². The Morgan fingerprint density at radius 3 is 3.00 bits per heavy atom. The summed E-state index contributed by atoms with van der Waals surface area (Å²) in [5, 5.41) is 0. The number of fused-ring (bicyclic) bond motifs is 2. The summed E-state index contributed by atoms with van der Waals surface area (Å²) in [5.74, 6) is 1.65. The Labute approximate surface area is 124 Å². The summed E-state index contributed by atoms with van der Waals surface area (Å²) in [6, 6.07) is 0. The van der Waals surface area contributed by atoms with Gasteiger partial charge in [-0.05, 0) is 67.3 Å². The zero-order chi connectivity index (χ0) is 12.4. The lowest BCUT2D eigenvalue weighted by Gasteiger charge is -2.39. The Kier molecular flexibility index (Phi) is 4.31. The lowest BCUT2D eigenvalue weighted by molar-refractivity contribution is -0.234. The predicted octanol–water partition coefficient (Wildman–Crippen LogP) is 4.43. The Morgan fingerprint density at radius 1 is 1.33 bits per heavy atom. The molecule has 2 nitrogen and oxygen atoms in total. The fraction of sp³-hybridized carbons (Fsp3) is 0.867. The van der Waals surface area contributed by atoms with Gasteiger partial charge in [0.15, 0.2) is 6.29 Å². The fourth-order valence-corrected chi connectivity index (χ4v) is 4.42. The summed E-state index contributed by atoms with van der Waals surface area (Å²) in [5.41, 5.74) is 0.156. The van der Waals surface area contributed by atoms with Crippen molar-refractivity contribution < 1.29 is 9.47 Å². The standard InChI is InChI=1S/C15H23IO2/c16-8-3-4-13-10-12-6-7-15(13,11-12)18-14-5-1-2-9-17-14/h3,8,12-14H,1-2,4-7,9-11H2/b8-3+. The maximum Gasteiger partial charge on any atom is 0.158 e. The molecular weight excluding hydrogens is 339 g/mol. The van der Waals surface area contributed by atoms with E-state index < -0.39 is 0 Å². The van der Waals surface area contributed by atoms with Crippen LogP contribution in [0, 0.1) is 11.8 Å². The SMILES string of the molecule is I/C=C/CC1CC2CCC1(OC1CCCCO1)C2. The van der Waals surface area contributed by atoms with Crippen molar-refractivity contribution in [3.63, 3.8) is 0 Å². The largest absolute Gasteiger partial charge is 0.353 e. The molecule has 1 heterocycles. The van der Waals surface area contributed by atoms with Gasteiger partial charge in [-0.1, -0.05) is 28.7 Å². The van der Waals surface area contributed by atoms with Gasteiger partial charge >= 0.3 is 0 Å². The van der Waals surface area contributed by atoms with Crippen LogP contribution < -0.4 is 0 Å². The third-order valence-electron chi connectivity index (χ3n) is 4.99. The van der Waals surface area contributed by atoms with Crippen molar-refractivity contribution in [3.8, 4) is 0 Å². The number of hydrogen-bond donors (Lipinski definition) is 0. The van der Waals surface area contributed by atoms with Gasteiger partial charge in [0.2, 0.25) is 0 Å². The molecule has 3 aliphatic rings. The molecule has 3 fully saturated rings. The summed E-state index contributed by atoms with van der Waals surface area (Å²) in [6.07, 6.45) is 12.4. The minimum absolute atomic E-state index is 0.0849. The first-order valence-corrected chi connectivity index (χ1v) is 8.61. The van der Waals surface area contributed by atoms with E-state index in [4.69, 9.17) is 9.47 Å². The van der Waals surface area contributed by atoms with E-state index in [9.17, 15) is 0 Å². The van der Waals surface area contributed by atoms with Crippen molar-refractivity contribution in [1.82, 2.24) is 0 Å². The van der Waals surface area contributed by atoms with Crippen LogP contribution in [-0.2, 0) is 9.47 Å². The maximum atomic E-state index is 6.48. The van der Waals surface area contributed by atoms with Crippen LogP contribution in [0.1, 0.15) is 51.4 Å². The highest BCUT2D eigenvalue weighted by Gasteiger charge is 2.53. The molecule has 2 bridgehead atoms. The lowest BCUT2D eigenvalue weighted by atomic mass is 9.82. The van der Waals surface area contributed by atoms with Gasteiger partial charge in [0, 0.05) is 6.61 Å². The number of hydrogen-bond acceptors (Lipinski definition) is 2. The minimum Gasteiger partial charge on any atom is -0.353 e. The highest BCUT2D eigenvalue weighted by molar-refractivity contribution is 14.1. The van der Waals surface area contributed by atoms with Gasteiger partial charge in [0.05, 0.1) is 5.60 Å². The smallest absolute Gasteiger partial charge is 0.158 e. The molecule has 0 aromatic rings. The Balaban J connectivity index is 1.65. The van der Waals surface area contributed by atoms with E-state index in [0.717, 1.165) is 24.9 Å². The zero-order valence-corrected chi connectivity index (χ0v) is 13.1. The first-order chi connectivity index (χ1) is 8.82. The third kappa shape index (κ3) is 2.63. The third-order valence-corrected chi connectivity index (χ3v) is 5.49. The van der Waals surface area contributed by atoms with Crippen LogP contribution in [0.15, 0.2) is 10.2 Å². The predicted molar refractivity (Wildman–Crippen MR) is 80.6 cm³/mol. The molecule has 0 N–H and O–H groups in total. The first-order valence-electron chi connectivity index (χ1n) is 7.37. The van der Waals surface area contributed by atoms with E-state index in [1.54, 1.807) is 0 Å². The molecule has 0 amide bonds. The molecule has 0 radical (unpaired) electrons. The van der Waals surface area contributed by atoms with Gasteiger partial charge in [0.25, 0.3) is 0 Å². The molecule has 0 spiro atoms. The number of halogens is 1. The van der Waals surface area contributed by atoms with Gasteiger partial charge in [-0.2, -0.15) is 0 Å². The molecular formula is C15H23IO2. The average Bonchev–Trinajstić information content (AvgIpc) is 2.94. The second-order valence-electron chi connectivity index (χ2n) is 6.12. The molecule has 0 aromatic heterocycles. The summed E-state index contributed by atoms with van der Waals surface area (Å²) in [7, 11) is 0. The van der Waals surface area contributed by atoms with Crippen LogP contribution in [0.2, 0.25) is 0 Å². The minimum atomic E-state index is 0.0849. The van der Waals surface area contributed by atoms with Crippen LogP contribution in [0.25, 0.3) is 0 Å². The van der Waals surface area contributed by atoms with Crippen LogP contribution >= 0.6 is 22.6 Å².